The molecule has 9 heteroatoms. The predicted octanol–water partition coefficient (Wildman–Crippen LogP) is 3.08. The number of pyridine rings is 1. The highest BCUT2D eigenvalue weighted by Crippen LogP contribution is 2.27. The van der Waals surface area contributed by atoms with Gasteiger partial charge in [0, 0.05) is 57.7 Å². The molecule has 1 aliphatic heterocycles. The van der Waals surface area contributed by atoms with Gasteiger partial charge < -0.3 is 24.6 Å². The van der Waals surface area contributed by atoms with E-state index in [4.69, 9.17) is 9.47 Å². The Balaban J connectivity index is 1.98. The molecule has 2 aromatic rings. The number of amides is 3. The van der Waals surface area contributed by atoms with E-state index in [-0.39, 0.29) is 42.4 Å². The Kier molecular flexibility index (Phi) is 8.81. The molecule has 3 atom stereocenters. The first-order chi connectivity index (χ1) is 16.7. The molecule has 0 saturated heterocycles. The second-order valence-electron chi connectivity index (χ2n) is 8.91. The summed E-state index contributed by atoms with van der Waals surface area (Å²) in [5, 5.41) is 2.79. The lowest BCUT2D eigenvalue weighted by Crippen LogP contribution is -2.48. The highest BCUT2D eigenvalue weighted by molar-refractivity contribution is 5.99. The maximum atomic E-state index is 13.4. The van der Waals surface area contributed by atoms with E-state index in [0.717, 1.165) is 0 Å². The zero-order chi connectivity index (χ0) is 25.5. The molecule has 188 valence electrons. The summed E-state index contributed by atoms with van der Waals surface area (Å²) in [6, 6.07) is 8.19. The number of carbonyl (C=O) groups is 3. The molecule has 3 rings (SSSR count). The molecule has 2 heterocycles. The van der Waals surface area contributed by atoms with Crippen molar-refractivity contribution in [2.45, 2.75) is 39.3 Å². The number of rotatable bonds is 4. The second kappa shape index (κ2) is 11.8. The maximum Gasteiger partial charge on any atom is 0.257 e. The van der Waals surface area contributed by atoms with Crippen molar-refractivity contribution in [3.8, 4) is 5.75 Å². The van der Waals surface area contributed by atoms with E-state index < -0.39 is 0 Å². The van der Waals surface area contributed by atoms with Gasteiger partial charge in [0.25, 0.3) is 11.8 Å². The molecule has 35 heavy (non-hydrogen) atoms. The van der Waals surface area contributed by atoms with Crippen molar-refractivity contribution in [1.82, 2.24) is 14.8 Å². The maximum absolute atomic E-state index is 13.4. The Morgan fingerprint density at radius 3 is 2.66 bits per heavy atom. The van der Waals surface area contributed by atoms with Crippen LogP contribution in [0.25, 0.3) is 0 Å². The van der Waals surface area contributed by atoms with E-state index in [1.54, 1.807) is 73.6 Å². The van der Waals surface area contributed by atoms with Crippen molar-refractivity contribution >= 4 is 23.4 Å². The largest absolute Gasteiger partial charge is 0.491 e. The topological polar surface area (TPSA) is 101 Å². The lowest BCUT2D eigenvalue weighted by atomic mass is 10.0. The second-order valence-corrected chi connectivity index (χ2v) is 8.91. The Morgan fingerprint density at radius 1 is 1.23 bits per heavy atom. The number of anilines is 1. The first kappa shape index (κ1) is 26.2. The molecule has 0 bridgehead atoms. The summed E-state index contributed by atoms with van der Waals surface area (Å²) < 4.78 is 11.8. The third-order valence-electron chi connectivity index (χ3n) is 6.22. The molecular formula is C26H34N4O5. The van der Waals surface area contributed by atoms with E-state index in [1.807, 2.05) is 13.8 Å². The monoisotopic (exact) mass is 482 g/mol. The number of fused-ring (bicyclic) bond motifs is 1. The van der Waals surface area contributed by atoms with Gasteiger partial charge in [0.05, 0.1) is 23.3 Å². The van der Waals surface area contributed by atoms with Gasteiger partial charge in [-0.1, -0.05) is 13.8 Å². The summed E-state index contributed by atoms with van der Waals surface area (Å²) in [7, 11) is 3.31. The van der Waals surface area contributed by atoms with E-state index in [9.17, 15) is 14.4 Å². The van der Waals surface area contributed by atoms with Crippen LogP contribution in [0.5, 0.6) is 5.75 Å². The van der Waals surface area contributed by atoms with Crippen molar-refractivity contribution in [3.05, 3.63) is 53.9 Å². The highest BCUT2D eigenvalue weighted by Gasteiger charge is 2.31. The smallest absolute Gasteiger partial charge is 0.257 e. The summed E-state index contributed by atoms with van der Waals surface area (Å²) in [5.41, 5.74) is 1.35. The van der Waals surface area contributed by atoms with Crippen LogP contribution in [-0.4, -0.2) is 78.5 Å². The van der Waals surface area contributed by atoms with Crippen LogP contribution in [0.15, 0.2) is 42.7 Å². The number of aromatic nitrogens is 1. The van der Waals surface area contributed by atoms with Crippen molar-refractivity contribution < 1.29 is 23.9 Å². The third-order valence-corrected chi connectivity index (χ3v) is 6.22. The van der Waals surface area contributed by atoms with Gasteiger partial charge in [-0.05, 0) is 37.3 Å². The molecule has 0 spiro atoms. The van der Waals surface area contributed by atoms with Crippen LogP contribution in [-0.2, 0) is 9.53 Å². The first-order valence-electron chi connectivity index (χ1n) is 11.8. The number of likely N-dealkylation sites (N-methyl/N-ethyl adjacent to an activating group) is 1. The molecule has 9 nitrogen and oxygen atoms in total. The molecule has 0 unspecified atom stereocenters. The zero-order valence-corrected chi connectivity index (χ0v) is 21.0. The number of hydrogen-bond acceptors (Lipinski definition) is 6. The SMILES string of the molecule is CCC(=O)Nc1ccc2c(c1)C(=O)N(C)C[C@@H](OC)[C@H](C)CN(C(=O)c1cccnc1)[C@H](C)CO2. The Labute approximate surface area is 206 Å². The Morgan fingerprint density at radius 2 is 2.00 bits per heavy atom. The Bertz CT molecular complexity index is 1050. The molecule has 0 saturated carbocycles. The van der Waals surface area contributed by atoms with Crippen LogP contribution in [0.2, 0.25) is 0 Å². The normalized spacial score (nSPS) is 21.3. The van der Waals surface area contributed by atoms with Crippen LogP contribution in [0, 0.1) is 5.92 Å². The fourth-order valence-electron chi connectivity index (χ4n) is 4.04. The van der Waals surface area contributed by atoms with Crippen LogP contribution >= 0.6 is 0 Å². The highest BCUT2D eigenvalue weighted by atomic mass is 16.5. The first-order valence-corrected chi connectivity index (χ1v) is 11.8. The molecule has 0 radical (unpaired) electrons. The van der Waals surface area contributed by atoms with Gasteiger partial charge >= 0.3 is 0 Å². The number of nitrogens with one attached hydrogen (secondary N) is 1. The van der Waals surface area contributed by atoms with E-state index in [0.29, 0.717) is 42.1 Å². The minimum absolute atomic E-state index is 0.0626. The van der Waals surface area contributed by atoms with Gasteiger partial charge in [-0.3, -0.25) is 19.4 Å². The number of nitrogens with zero attached hydrogens (tertiary/aromatic N) is 3. The minimum atomic E-state index is -0.299. The lowest BCUT2D eigenvalue weighted by molar-refractivity contribution is -0.115. The molecule has 3 amide bonds. The third kappa shape index (κ3) is 6.36. The van der Waals surface area contributed by atoms with E-state index in [2.05, 4.69) is 10.3 Å². The molecule has 1 aromatic carbocycles. The molecule has 0 aliphatic carbocycles. The number of benzene rings is 1. The number of carbonyl (C=O) groups excluding carboxylic acids is 3. The lowest BCUT2D eigenvalue weighted by Gasteiger charge is -2.36. The minimum Gasteiger partial charge on any atom is -0.491 e. The fraction of sp³-hybridized carbons (Fsp3) is 0.462. The Hall–Kier alpha value is -3.46. The molecule has 1 aliphatic rings. The molecular weight excluding hydrogens is 448 g/mol. The van der Waals surface area contributed by atoms with Gasteiger partial charge in [0.1, 0.15) is 12.4 Å². The van der Waals surface area contributed by atoms with Crippen molar-refractivity contribution in [2.75, 3.05) is 39.2 Å². The zero-order valence-electron chi connectivity index (χ0n) is 21.0. The molecule has 0 fully saturated rings. The fourth-order valence-corrected chi connectivity index (χ4v) is 4.04. The molecule has 1 N–H and O–H groups in total. The van der Waals surface area contributed by atoms with Crippen molar-refractivity contribution in [2.24, 2.45) is 5.92 Å². The van der Waals surface area contributed by atoms with Gasteiger partial charge in [0.15, 0.2) is 0 Å². The predicted molar refractivity (Wildman–Crippen MR) is 133 cm³/mol. The van der Waals surface area contributed by atoms with E-state index in [1.165, 1.54) is 0 Å². The van der Waals surface area contributed by atoms with Crippen molar-refractivity contribution in [1.29, 1.82) is 0 Å². The summed E-state index contributed by atoms with van der Waals surface area (Å²) in [5.74, 6) is -0.202. The average molecular weight is 483 g/mol. The number of methoxy groups -OCH3 is 1. The van der Waals surface area contributed by atoms with Crippen molar-refractivity contribution in [3.63, 3.8) is 0 Å². The van der Waals surface area contributed by atoms with Gasteiger partial charge in [-0.25, -0.2) is 0 Å². The van der Waals surface area contributed by atoms with Crippen LogP contribution in [0.1, 0.15) is 47.9 Å². The van der Waals surface area contributed by atoms with Gasteiger partial charge in [0.2, 0.25) is 5.91 Å². The standard InChI is InChI=1S/C26H34N4O5/c1-6-24(31)28-20-9-10-22-21(12-20)26(33)29(4)15-23(34-5)17(2)14-30(18(3)16-35-22)25(32)19-8-7-11-27-13-19/h7-13,17-18,23H,6,14-16H2,1-5H3,(H,28,31)/t17-,18-,23-/m1/s1. The van der Waals surface area contributed by atoms with Gasteiger partial charge in [-0.2, -0.15) is 0 Å². The molecule has 1 aromatic heterocycles. The average Bonchev–Trinajstić information content (AvgIpc) is 2.88. The van der Waals surface area contributed by atoms with Crippen LogP contribution in [0.3, 0.4) is 0 Å². The van der Waals surface area contributed by atoms with Crippen LogP contribution < -0.4 is 10.1 Å². The summed E-state index contributed by atoms with van der Waals surface area (Å²) in [6.07, 6.45) is 3.21. The summed E-state index contributed by atoms with van der Waals surface area (Å²) >= 11 is 0. The van der Waals surface area contributed by atoms with Gasteiger partial charge in [-0.15, -0.1) is 0 Å². The number of hydrogen-bond donors (Lipinski definition) is 1. The summed E-state index contributed by atoms with van der Waals surface area (Å²) in [6.45, 7) is 6.61. The van der Waals surface area contributed by atoms with Crippen LogP contribution in [0.4, 0.5) is 5.69 Å². The van der Waals surface area contributed by atoms with E-state index >= 15 is 0 Å². The quantitative estimate of drug-likeness (QED) is 0.719. The number of ether oxygens (including phenoxy) is 2. The summed E-state index contributed by atoms with van der Waals surface area (Å²) in [4.78, 5) is 46.1.